The molecule has 0 radical (unpaired) electrons. The number of anilines is 1. The lowest BCUT2D eigenvalue weighted by Gasteiger charge is -2.28. The number of nitrogens with zero attached hydrogens (tertiary/aromatic N) is 1. The molecule has 1 saturated heterocycles. The van der Waals surface area contributed by atoms with E-state index in [0.29, 0.717) is 10.7 Å². The van der Waals surface area contributed by atoms with Crippen molar-refractivity contribution >= 4 is 41.3 Å². The van der Waals surface area contributed by atoms with E-state index in [2.05, 4.69) is 16.0 Å². The Balaban J connectivity index is 2.04. The summed E-state index contributed by atoms with van der Waals surface area (Å²) in [5, 5.41) is 8.41. The lowest BCUT2D eigenvalue weighted by atomic mass is 10.1. The second kappa shape index (κ2) is 10.9. The molecule has 0 spiro atoms. The molecule has 2 atom stereocenters. The Kier molecular flexibility index (Phi) is 8.77. The van der Waals surface area contributed by atoms with E-state index in [4.69, 9.17) is 21.1 Å². The van der Waals surface area contributed by atoms with Crippen molar-refractivity contribution in [1.82, 2.24) is 15.5 Å². The molecule has 1 aromatic rings. The van der Waals surface area contributed by atoms with Gasteiger partial charge < -0.3 is 25.4 Å². The molecule has 11 heteroatoms. The molecule has 1 heterocycles. The predicted octanol–water partition coefficient (Wildman–Crippen LogP) is 3.30. The molecule has 0 saturated carbocycles. The monoisotopic (exact) mass is 496 g/mol. The van der Waals surface area contributed by atoms with Gasteiger partial charge in [-0.05, 0) is 72.2 Å². The van der Waals surface area contributed by atoms with Crippen LogP contribution in [0.15, 0.2) is 24.3 Å². The average Bonchev–Trinajstić information content (AvgIpc) is 3.10. The summed E-state index contributed by atoms with van der Waals surface area (Å²) in [5.41, 5.74) is -0.926. The summed E-state index contributed by atoms with van der Waals surface area (Å²) < 4.78 is 10.6. The van der Waals surface area contributed by atoms with E-state index in [0.717, 1.165) is 0 Å². The van der Waals surface area contributed by atoms with E-state index < -0.39 is 47.3 Å². The summed E-state index contributed by atoms with van der Waals surface area (Å²) in [5.74, 6) is -0.893. The normalized spacial score (nSPS) is 18.1. The van der Waals surface area contributed by atoms with Gasteiger partial charge in [0.25, 0.3) is 0 Å². The predicted molar refractivity (Wildman–Crippen MR) is 128 cm³/mol. The van der Waals surface area contributed by atoms with Crippen molar-refractivity contribution in [1.29, 1.82) is 0 Å². The maximum atomic E-state index is 13.0. The molecule has 1 aromatic carbocycles. The van der Waals surface area contributed by atoms with Crippen LogP contribution in [0, 0.1) is 0 Å². The molecule has 4 amide bonds. The fraction of sp³-hybridized carbons (Fsp3) is 0.565. The highest BCUT2D eigenvalue weighted by Crippen LogP contribution is 2.23. The number of ether oxygens (including phenoxy) is 2. The molecule has 188 valence electrons. The first-order valence-corrected chi connectivity index (χ1v) is 11.3. The molecule has 1 aliphatic rings. The van der Waals surface area contributed by atoms with Crippen LogP contribution in [0.2, 0.25) is 5.02 Å². The molecule has 0 unspecified atom stereocenters. The lowest BCUT2D eigenvalue weighted by molar-refractivity contribution is -0.121. The first kappa shape index (κ1) is 27.2. The number of halogens is 1. The van der Waals surface area contributed by atoms with Gasteiger partial charge in [0.15, 0.2) is 0 Å². The zero-order valence-corrected chi connectivity index (χ0v) is 21.1. The summed E-state index contributed by atoms with van der Waals surface area (Å²) in [6.07, 6.45) is -1.20. The van der Waals surface area contributed by atoms with Crippen LogP contribution in [0.5, 0.6) is 0 Å². The van der Waals surface area contributed by atoms with Gasteiger partial charge >= 0.3 is 12.2 Å². The van der Waals surface area contributed by atoms with Gasteiger partial charge in [-0.2, -0.15) is 0 Å². The van der Waals surface area contributed by atoms with E-state index in [1.54, 1.807) is 65.8 Å². The van der Waals surface area contributed by atoms with Crippen molar-refractivity contribution in [2.75, 3.05) is 18.4 Å². The lowest BCUT2D eigenvalue weighted by Crippen LogP contribution is -2.46. The second-order valence-electron chi connectivity index (χ2n) is 10.0. The molecule has 10 nitrogen and oxygen atoms in total. The zero-order valence-electron chi connectivity index (χ0n) is 20.4. The van der Waals surface area contributed by atoms with E-state index in [9.17, 15) is 19.2 Å². The van der Waals surface area contributed by atoms with Gasteiger partial charge in [-0.25, -0.2) is 9.59 Å². The summed E-state index contributed by atoms with van der Waals surface area (Å²) in [4.78, 5) is 51.2. The van der Waals surface area contributed by atoms with E-state index in [1.165, 1.54) is 4.90 Å². The van der Waals surface area contributed by atoms with Gasteiger partial charge in [0.1, 0.15) is 23.8 Å². The molecule has 34 heavy (non-hydrogen) atoms. The maximum absolute atomic E-state index is 13.0. The van der Waals surface area contributed by atoms with Crippen LogP contribution in [-0.4, -0.2) is 65.3 Å². The number of carbonyl (C=O) groups excluding carboxylic acids is 4. The van der Waals surface area contributed by atoms with Crippen LogP contribution in [0.4, 0.5) is 15.3 Å². The number of hydrogen-bond donors (Lipinski definition) is 3. The van der Waals surface area contributed by atoms with Crippen LogP contribution in [0.3, 0.4) is 0 Å². The Morgan fingerprint density at radius 2 is 1.59 bits per heavy atom. The third-order valence-electron chi connectivity index (χ3n) is 4.50. The Morgan fingerprint density at radius 1 is 1.00 bits per heavy atom. The summed E-state index contributed by atoms with van der Waals surface area (Å²) in [6.45, 7) is 10.1. The van der Waals surface area contributed by atoms with E-state index >= 15 is 0 Å². The minimum atomic E-state index is -0.866. The Morgan fingerprint density at radius 3 is 2.15 bits per heavy atom. The highest BCUT2D eigenvalue weighted by Gasteiger charge is 2.42. The molecule has 1 aliphatic heterocycles. The summed E-state index contributed by atoms with van der Waals surface area (Å²) in [6, 6.07) is 5.19. The van der Waals surface area contributed by atoms with Crippen molar-refractivity contribution in [3.8, 4) is 0 Å². The SMILES string of the molecule is CC(C)(C)OC(=O)NCC(=O)N[C@@H]1C[C@@H](C(=O)Nc2ccc(Cl)cc2)N(C(=O)OC(C)(C)C)C1. The van der Waals surface area contributed by atoms with Crippen LogP contribution >= 0.6 is 11.6 Å². The number of hydrogen-bond acceptors (Lipinski definition) is 6. The standard InChI is InChI=1S/C23H33ClN4O6/c1-22(2,3)33-20(31)25-12-18(29)26-16-11-17(28(13-16)21(32)34-23(4,5)6)19(30)27-15-9-7-14(24)8-10-15/h7-10,16-17H,11-13H2,1-6H3,(H,25,31)(H,26,29)(H,27,30)/t16-,17+/m1/s1. The van der Waals surface area contributed by atoms with Gasteiger partial charge in [0.2, 0.25) is 11.8 Å². The quantitative estimate of drug-likeness (QED) is 0.574. The van der Waals surface area contributed by atoms with Gasteiger partial charge in [-0.3, -0.25) is 14.5 Å². The number of alkyl carbamates (subject to hydrolysis) is 1. The number of carbonyl (C=O) groups is 4. The van der Waals surface area contributed by atoms with Crippen LogP contribution in [-0.2, 0) is 19.1 Å². The van der Waals surface area contributed by atoms with Crippen molar-refractivity contribution in [2.24, 2.45) is 0 Å². The molecule has 0 bridgehead atoms. The minimum Gasteiger partial charge on any atom is -0.444 e. The van der Waals surface area contributed by atoms with Crippen molar-refractivity contribution in [2.45, 2.75) is 71.2 Å². The zero-order chi connectivity index (χ0) is 25.7. The molecular weight excluding hydrogens is 464 g/mol. The van der Waals surface area contributed by atoms with Crippen molar-refractivity contribution in [3.05, 3.63) is 29.3 Å². The smallest absolute Gasteiger partial charge is 0.411 e. The van der Waals surface area contributed by atoms with E-state index in [-0.39, 0.29) is 19.5 Å². The molecule has 3 N–H and O–H groups in total. The van der Waals surface area contributed by atoms with Gasteiger partial charge in [-0.1, -0.05) is 11.6 Å². The minimum absolute atomic E-state index is 0.0752. The molecular formula is C23H33ClN4O6. The Hall–Kier alpha value is -3.01. The van der Waals surface area contributed by atoms with Gasteiger partial charge in [0, 0.05) is 23.3 Å². The number of amides is 4. The van der Waals surface area contributed by atoms with Crippen LogP contribution in [0.25, 0.3) is 0 Å². The molecule has 0 aliphatic carbocycles. The number of likely N-dealkylation sites (tertiary alicyclic amines) is 1. The largest absolute Gasteiger partial charge is 0.444 e. The molecule has 1 fully saturated rings. The highest BCUT2D eigenvalue weighted by molar-refractivity contribution is 6.30. The van der Waals surface area contributed by atoms with Crippen molar-refractivity contribution in [3.63, 3.8) is 0 Å². The fourth-order valence-corrected chi connectivity index (χ4v) is 3.34. The number of nitrogens with one attached hydrogen (secondary N) is 3. The first-order valence-electron chi connectivity index (χ1n) is 11.0. The maximum Gasteiger partial charge on any atom is 0.411 e. The summed E-state index contributed by atoms with van der Waals surface area (Å²) >= 11 is 5.89. The topological polar surface area (TPSA) is 126 Å². The number of rotatable bonds is 5. The van der Waals surface area contributed by atoms with Gasteiger partial charge in [-0.15, -0.1) is 0 Å². The van der Waals surface area contributed by atoms with Crippen LogP contribution < -0.4 is 16.0 Å². The second-order valence-corrected chi connectivity index (χ2v) is 10.4. The summed E-state index contributed by atoms with van der Waals surface area (Å²) in [7, 11) is 0. The molecule has 0 aromatic heterocycles. The Labute approximate surface area is 204 Å². The average molecular weight is 497 g/mol. The highest BCUT2D eigenvalue weighted by atomic mass is 35.5. The van der Waals surface area contributed by atoms with Crippen LogP contribution in [0.1, 0.15) is 48.0 Å². The number of benzene rings is 1. The Bertz CT molecular complexity index is 908. The fourth-order valence-electron chi connectivity index (χ4n) is 3.22. The first-order chi connectivity index (χ1) is 15.6. The van der Waals surface area contributed by atoms with E-state index in [1.807, 2.05) is 0 Å². The van der Waals surface area contributed by atoms with Gasteiger partial charge in [0.05, 0.1) is 0 Å². The van der Waals surface area contributed by atoms with Crippen molar-refractivity contribution < 1.29 is 28.7 Å². The molecule has 2 rings (SSSR count). The third kappa shape index (κ3) is 9.09. The third-order valence-corrected chi connectivity index (χ3v) is 4.75.